The molecule has 122 valence electrons. The first kappa shape index (κ1) is 15.3. The van der Waals surface area contributed by atoms with Crippen LogP contribution in [0.4, 0.5) is 0 Å². The molecule has 8 heteroatoms. The summed E-state index contributed by atoms with van der Waals surface area (Å²) in [5.74, 6) is 0.322. The molecule has 3 rings (SSSR count). The molecule has 0 aromatic carbocycles. The predicted octanol–water partition coefficient (Wildman–Crippen LogP) is 1.06. The molecular formula is C15H19N5O3. The average molecular weight is 317 g/mol. The van der Waals surface area contributed by atoms with Crippen LogP contribution in [0.3, 0.4) is 0 Å². The molecule has 2 aromatic rings. The summed E-state index contributed by atoms with van der Waals surface area (Å²) in [6.45, 7) is 4.92. The molecule has 0 radical (unpaired) electrons. The highest BCUT2D eigenvalue weighted by atomic mass is 16.4. The maximum Gasteiger partial charge on any atom is 0.289 e. The molecule has 0 unspecified atom stereocenters. The largest absolute Gasteiger partial charge is 0.456 e. The fraction of sp³-hybridized carbons (Fsp3) is 0.467. The molecule has 0 spiro atoms. The molecule has 0 bridgehead atoms. The fourth-order valence-corrected chi connectivity index (χ4v) is 2.75. The van der Waals surface area contributed by atoms with Crippen molar-refractivity contribution in [3.8, 4) is 0 Å². The molecule has 1 fully saturated rings. The summed E-state index contributed by atoms with van der Waals surface area (Å²) >= 11 is 0. The van der Waals surface area contributed by atoms with Crippen LogP contribution in [0.25, 0.3) is 0 Å². The van der Waals surface area contributed by atoms with E-state index >= 15 is 0 Å². The number of primary amides is 1. The first-order valence-electron chi connectivity index (χ1n) is 7.53. The van der Waals surface area contributed by atoms with Crippen molar-refractivity contribution >= 4 is 11.8 Å². The van der Waals surface area contributed by atoms with Crippen LogP contribution in [0.15, 0.2) is 16.8 Å². The highest BCUT2D eigenvalue weighted by Crippen LogP contribution is 2.23. The molecule has 1 saturated heterocycles. The first-order valence-corrected chi connectivity index (χ1v) is 7.53. The Morgan fingerprint density at radius 2 is 2.17 bits per heavy atom. The summed E-state index contributed by atoms with van der Waals surface area (Å²) in [6, 6.07) is 1.74. The molecule has 8 nitrogen and oxygen atoms in total. The number of rotatable bonds is 3. The van der Waals surface area contributed by atoms with E-state index in [4.69, 9.17) is 10.2 Å². The number of nitrogens with two attached hydrogens (primary N) is 1. The number of likely N-dealkylation sites (tertiary alicyclic amines) is 1. The highest BCUT2D eigenvalue weighted by molar-refractivity contribution is 5.92. The highest BCUT2D eigenvalue weighted by Gasteiger charge is 2.28. The van der Waals surface area contributed by atoms with Crippen molar-refractivity contribution in [1.82, 2.24) is 19.7 Å². The second-order valence-corrected chi connectivity index (χ2v) is 5.81. The van der Waals surface area contributed by atoms with E-state index in [0.717, 1.165) is 24.2 Å². The first-order chi connectivity index (χ1) is 11.0. The summed E-state index contributed by atoms with van der Waals surface area (Å²) in [6.07, 6.45) is 3.20. The Kier molecular flexibility index (Phi) is 3.89. The molecular weight excluding hydrogens is 298 g/mol. The lowest BCUT2D eigenvalue weighted by Gasteiger charge is -2.32. The molecule has 1 aliphatic rings. The van der Waals surface area contributed by atoms with Gasteiger partial charge in [-0.15, -0.1) is 5.10 Å². The maximum atomic E-state index is 12.6. The molecule has 1 atom stereocenters. The lowest BCUT2D eigenvalue weighted by atomic mass is 10.1. The number of furan rings is 1. The van der Waals surface area contributed by atoms with E-state index in [2.05, 4.69) is 10.1 Å². The molecule has 3 heterocycles. The van der Waals surface area contributed by atoms with E-state index in [1.54, 1.807) is 15.6 Å². The monoisotopic (exact) mass is 317 g/mol. The lowest BCUT2D eigenvalue weighted by Crippen LogP contribution is -2.40. The molecule has 2 aromatic heterocycles. The van der Waals surface area contributed by atoms with E-state index in [0.29, 0.717) is 18.8 Å². The number of piperidine rings is 1. The van der Waals surface area contributed by atoms with Gasteiger partial charge in [-0.2, -0.15) is 0 Å². The minimum atomic E-state index is -0.658. The number of carbonyl (C=O) groups is 2. The molecule has 0 aliphatic carbocycles. The SMILES string of the molecule is Cc1cc(C(=O)N2CCC[C@H](n3cnc(C(N)=O)n3)C2)oc1C. The van der Waals surface area contributed by atoms with E-state index in [1.165, 1.54) is 6.33 Å². The van der Waals surface area contributed by atoms with Crippen LogP contribution in [-0.2, 0) is 0 Å². The van der Waals surface area contributed by atoms with Gasteiger partial charge in [-0.25, -0.2) is 9.67 Å². The van der Waals surface area contributed by atoms with Crippen LogP contribution >= 0.6 is 0 Å². The van der Waals surface area contributed by atoms with Gasteiger partial charge in [0.05, 0.1) is 6.04 Å². The number of aromatic nitrogens is 3. The zero-order chi connectivity index (χ0) is 16.6. The van der Waals surface area contributed by atoms with Gasteiger partial charge in [0.2, 0.25) is 5.82 Å². The van der Waals surface area contributed by atoms with Crippen molar-refractivity contribution in [1.29, 1.82) is 0 Å². The van der Waals surface area contributed by atoms with Crippen molar-refractivity contribution in [2.24, 2.45) is 5.73 Å². The van der Waals surface area contributed by atoms with Crippen LogP contribution in [-0.4, -0.2) is 44.6 Å². The Morgan fingerprint density at radius 3 is 2.78 bits per heavy atom. The third kappa shape index (κ3) is 2.96. The number of nitrogens with zero attached hydrogens (tertiary/aromatic N) is 4. The third-order valence-electron chi connectivity index (χ3n) is 4.16. The molecule has 2 N–H and O–H groups in total. The molecule has 0 saturated carbocycles. The normalized spacial score (nSPS) is 18.2. The van der Waals surface area contributed by atoms with Gasteiger partial charge in [0, 0.05) is 13.1 Å². The minimum absolute atomic E-state index is 0.00858. The molecule has 23 heavy (non-hydrogen) atoms. The molecule has 1 aliphatic heterocycles. The summed E-state index contributed by atoms with van der Waals surface area (Å²) < 4.78 is 7.13. The van der Waals surface area contributed by atoms with Gasteiger partial charge in [0.25, 0.3) is 11.8 Å². The lowest BCUT2D eigenvalue weighted by molar-refractivity contribution is 0.0638. The summed E-state index contributed by atoms with van der Waals surface area (Å²) in [5, 5.41) is 4.09. The fourth-order valence-electron chi connectivity index (χ4n) is 2.75. The van der Waals surface area contributed by atoms with Gasteiger partial charge >= 0.3 is 0 Å². The summed E-state index contributed by atoms with van der Waals surface area (Å²) in [4.78, 5) is 29.3. The average Bonchev–Trinajstić information content (AvgIpc) is 3.15. The van der Waals surface area contributed by atoms with Crippen molar-refractivity contribution in [3.63, 3.8) is 0 Å². The number of aryl methyl sites for hydroxylation is 2. The van der Waals surface area contributed by atoms with Gasteiger partial charge in [-0.3, -0.25) is 9.59 Å². The smallest absolute Gasteiger partial charge is 0.289 e. The van der Waals surface area contributed by atoms with Gasteiger partial charge in [-0.05, 0) is 38.3 Å². The van der Waals surface area contributed by atoms with Gasteiger partial charge < -0.3 is 15.1 Å². The molecule has 2 amide bonds. The zero-order valence-electron chi connectivity index (χ0n) is 13.2. The Balaban J connectivity index is 1.74. The van der Waals surface area contributed by atoms with E-state index < -0.39 is 5.91 Å². The topological polar surface area (TPSA) is 107 Å². The van der Waals surface area contributed by atoms with E-state index in [1.807, 2.05) is 13.8 Å². The predicted molar refractivity (Wildman–Crippen MR) is 80.9 cm³/mol. The van der Waals surface area contributed by atoms with E-state index in [9.17, 15) is 9.59 Å². The van der Waals surface area contributed by atoms with Gasteiger partial charge in [-0.1, -0.05) is 0 Å². The van der Waals surface area contributed by atoms with Crippen molar-refractivity contribution in [2.45, 2.75) is 32.7 Å². The van der Waals surface area contributed by atoms with Crippen molar-refractivity contribution in [3.05, 3.63) is 35.3 Å². The zero-order valence-corrected chi connectivity index (χ0v) is 13.2. The quantitative estimate of drug-likeness (QED) is 0.911. The van der Waals surface area contributed by atoms with Gasteiger partial charge in [0.1, 0.15) is 12.1 Å². The number of carbonyl (C=O) groups excluding carboxylic acids is 2. The minimum Gasteiger partial charge on any atom is -0.456 e. The second-order valence-electron chi connectivity index (χ2n) is 5.81. The summed E-state index contributed by atoms with van der Waals surface area (Å²) in [7, 11) is 0. The maximum absolute atomic E-state index is 12.6. The Morgan fingerprint density at radius 1 is 1.39 bits per heavy atom. The standard InChI is InChI=1S/C15H19N5O3/c1-9-6-12(23-10(9)2)15(22)19-5-3-4-11(7-19)20-8-17-14(18-20)13(16)21/h6,8,11H,3-5,7H2,1-2H3,(H2,16,21)/t11-/m0/s1. The Bertz CT molecular complexity index is 729. The third-order valence-corrected chi connectivity index (χ3v) is 4.16. The van der Waals surface area contributed by atoms with Crippen LogP contribution < -0.4 is 5.73 Å². The summed E-state index contributed by atoms with van der Waals surface area (Å²) in [5.41, 5.74) is 6.13. The number of amides is 2. The van der Waals surface area contributed by atoms with Gasteiger partial charge in [0.15, 0.2) is 5.76 Å². The van der Waals surface area contributed by atoms with E-state index in [-0.39, 0.29) is 17.8 Å². The number of hydrogen-bond donors (Lipinski definition) is 1. The Hall–Kier alpha value is -2.64. The van der Waals surface area contributed by atoms with Crippen LogP contribution in [0.1, 0.15) is 51.4 Å². The Labute approximate surface area is 133 Å². The van der Waals surface area contributed by atoms with Crippen LogP contribution in [0.2, 0.25) is 0 Å². The van der Waals surface area contributed by atoms with Crippen molar-refractivity contribution < 1.29 is 14.0 Å². The number of hydrogen-bond acceptors (Lipinski definition) is 5. The van der Waals surface area contributed by atoms with Crippen LogP contribution in [0, 0.1) is 13.8 Å². The van der Waals surface area contributed by atoms with Crippen LogP contribution in [0.5, 0.6) is 0 Å². The second kappa shape index (κ2) is 5.86. The van der Waals surface area contributed by atoms with Crippen molar-refractivity contribution in [2.75, 3.05) is 13.1 Å².